The number of methoxy groups -OCH3 is 1. The minimum absolute atomic E-state index is 0.218. The summed E-state index contributed by atoms with van der Waals surface area (Å²) in [7, 11) is -2.02. The van der Waals surface area contributed by atoms with Gasteiger partial charge in [0.25, 0.3) is 0 Å². The molecule has 0 spiro atoms. The Morgan fingerprint density at radius 2 is 1.60 bits per heavy atom. The quantitative estimate of drug-likeness (QED) is 0.675. The summed E-state index contributed by atoms with van der Waals surface area (Å²) < 4.78 is 31.2. The van der Waals surface area contributed by atoms with Crippen LogP contribution in [-0.4, -0.2) is 64.8 Å². The smallest absolute Gasteiger partial charge is 0.246 e. The first-order valence-corrected chi connectivity index (χ1v) is 11.9. The van der Waals surface area contributed by atoms with Crippen LogP contribution >= 0.6 is 11.6 Å². The molecule has 1 amide bonds. The number of hydrogen-bond donors (Lipinski definition) is 0. The highest BCUT2D eigenvalue weighted by Crippen LogP contribution is 2.25. The second kappa shape index (κ2) is 9.14. The number of benzene rings is 2. The van der Waals surface area contributed by atoms with E-state index in [4.69, 9.17) is 16.3 Å². The van der Waals surface area contributed by atoms with Crippen molar-refractivity contribution in [1.29, 1.82) is 0 Å². The maximum absolute atomic E-state index is 13.1. The molecule has 1 unspecified atom stereocenters. The summed E-state index contributed by atoms with van der Waals surface area (Å²) in [6.45, 7) is 4.00. The van der Waals surface area contributed by atoms with Crippen LogP contribution in [0.3, 0.4) is 0 Å². The average Bonchev–Trinajstić information content (AvgIpc) is 2.74. The third-order valence-corrected chi connectivity index (χ3v) is 6.67. The summed E-state index contributed by atoms with van der Waals surface area (Å²) in [5.74, 6) is 0.578. The molecule has 162 valence electrons. The van der Waals surface area contributed by atoms with E-state index in [0.29, 0.717) is 36.9 Å². The van der Waals surface area contributed by atoms with Gasteiger partial charge in [-0.1, -0.05) is 11.6 Å². The molecule has 1 aliphatic rings. The van der Waals surface area contributed by atoms with Crippen LogP contribution in [0.25, 0.3) is 0 Å². The van der Waals surface area contributed by atoms with Crippen molar-refractivity contribution in [3.63, 3.8) is 0 Å². The van der Waals surface area contributed by atoms with Crippen LogP contribution in [0, 0.1) is 0 Å². The zero-order valence-corrected chi connectivity index (χ0v) is 18.9. The minimum Gasteiger partial charge on any atom is -0.497 e. The highest BCUT2D eigenvalue weighted by Gasteiger charge is 2.33. The molecule has 0 radical (unpaired) electrons. The van der Waals surface area contributed by atoms with E-state index >= 15 is 0 Å². The lowest BCUT2D eigenvalue weighted by Gasteiger charge is -2.39. The number of carbonyl (C=O) groups is 1. The topological polar surface area (TPSA) is 70.2 Å². The van der Waals surface area contributed by atoms with Crippen molar-refractivity contribution >= 4 is 38.9 Å². The van der Waals surface area contributed by atoms with E-state index in [2.05, 4.69) is 4.90 Å². The SMILES string of the molecule is COc1ccc(N2CCN(C(=O)C(C)N(c3ccc(Cl)cc3)S(C)(=O)=O)CC2)cc1. The largest absolute Gasteiger partial charge is 0.497 e. The molecule has 0 aromatic heterocycles. The zero-order chi connectivity index (χ0) is 21.9. The Morgan fingerprint density at radius 3 is 2.10 bits per heavy atom. The van der Waals surface area contributed by atoms with Gasteiger partial charge in [0.05, 0.1) is 19.1 Å². The first kappa shape index (κ1) is 22.2. The number of amides is 1. The maximum atomic E-state index is 13.1. The van der Waals surface area contributed by atoms with Crippen molar-refractivity contribution in [3.8, 4) is 5.75 Å². The van der Waals surface area contributed by atoms with Crippen LogP contribution in [0.5, 0.6) is 5.75 Å². The Balaban J connectivity index is 1.70. The lowest BCUT2D eigenvalue weighted by atomic mass is 10.2. The molecule has 0 N–H and O–H groups in total. The number of sulfonamides is 1. The molecule has 1 saturated heterocycles. The van der Waals surface area contributed by atoms with Gasteiger partial charge in [0.1, 0.15) is 11.8 Å². The summed E-state index contributed by atoms with van der Waals surface area (Å²) >= 11 is 5.92. The Bertz CT molecular complexity index is 972. The highest BCUT2D eigenvalue weighted by atomic mass is 35.5. The number of halogens is 1. The molecule has 3 rings (SSSR count). The molecule has 1 atom stereocenters. The van der Waals surface area contributed by atoms with E-state index in [1.165, 1.54) is 0 Å². The number of hydrogen-bond acceptors (Lipinski definition) is 5. The van der Waals surface area contributed by atoms with Crippen molar-refractivity contribution in [1.82, 2.24) is 4.90 Å². The molecule has 1 aliphatic heterocycles. The monoisotopic (exact) mass is 451 g/mol. The number of carbonyl (C=O) groups excluding carboxylic acids is 1. The lowest BCUT2D eigenvalue weighted by Crippen LogP contribution is -2.55. The Labute approximate surface area is 182 Å². The van der Waals surface area contributed by atoms with Crippen LogP contribution in [0.2, 0.25) is 5.02 Å². The van der Waals surface area contributed by atoms with Crippen molar-refractivity contribution in [2.75, 3.05) is 48.7 Å². The predicted molar refractivity (Wildman–Crippen MR) is 120 cm³/mol. The Hall–Kier alpha value is -2.45. The fraction of sp³-hybridized carbons (Fsp3) is 0.381. The van der Waals surface area contributed by atoms with Crippen molar-refractivity contribution in [3.05, 3.63) is 53.6 Å². The first-order chi connectivity index (χ1) is 14.2. The Morgan fingerprint density at radius 1 is 1.03 bits per heavy atom. The molecule has 2 aromatic carbocycles. The average molecular weight is 452 g/mol. The highest BCUT2D eigenvalue weighted by molar-refractivity contribution is 7.92. The second-order valence-corrected chi connectivity index (χ2v) is 9.52. The summed E-state index contributed by atoms with van der Waals surface area (Å²) in [5, 5.41) is 0.501. The molecule has 30 heavy (non-hydrogen) atoms. The molecule has 0 aliphatic carbocycles. The summed E-state index contributed by atoms with van der Waals surface area (Å²) in [5.41, 5.74) is 1.48. The van der Waals surface area contributed by atoms with Crippen molar-refractivity contribution in [2.45, 2.75) is 13.0 Å². The summed E-state index contributed by atoms with van der Waals surface area (Å²) in [6, 6.07) is 13.4. The minimum atomic E-state index is -3.65. The summed E-state index contributed by atoms with van der Waals surface area (Å²) in [4.78, 5) is 17.0. The molecule has 9 heteroatoms. The van der Waals surface area contributed by atoms with Gasteiger partial charge < -0.3 is 14.5 Å². The number of rotatable bonds is 6. The fourth-order valence-electron chi connectivity index (χ4n) is 3.63. The van der Waals surface area contributed by atoms with Gasteiger partial charge >= 0.3 is 0 Å². The van der Waals surface area contributed by atoms with Gasteiger partial charge in [-0.25, -0.2) is 8.42 Å². The number of ether oxygens (including phenoxy) is 1. The number of piperazine rings is 1. The lowest BCUT2D eigenvalue weighted by molar-refractivity contribution is -0.132. The summed E-state index contributed by atoms with van der Waals surface area (Å²) in [6.07, 6.45) is 1.10. The zero-order valence-electron chi connectivity index (χ0n) is 17.3. The van der Waals surface area contributed by atoms with Gasteiger partial charge in [-0.15, -0.1) is 0 Å². The third-order valence-electron chi connectivity index (χ3n) is 5.18. The van der Waals surface area contributed by atoms with Gasteiger partial charge in [-0.3, -0.25) is 9.10 Å². The normalized spacial score (nSPS) is 15.6. The van der Waals surface area contributed by atoms with E-state index in [0.717, 1.165) is 22.0 Å². The molecule has 1 heterocycles. The number of nitrogens with zero attached hydrogens (tertiary/aromatic N) is 3. The number of anilines is 2. The molecule has 1 fully saturated rings. The van der Waals surface area contributed by atoms with E-state index in [1.807, 2.05) is 24.3 Å². The van der Waals surface area contributed by atoms with E-state index < -0.39 is 16.1 Å². The molecule has 2 aromatic rings. The van der Waals surface area contributed by atoms with Gasteiger partial charge in [0.15, 0.2) is 0 Å². The van der Waals surface area contributed by atoms with Gasteiger partial charge in [-0.05, 0) is 55.5 Å². The molecule has 0 saturated carbocycles. The molecular formula is C21H26ClN3O4S. The Kier molecular flexibility index (Phi) is 6.77. The second-order valence-electron chi connectivity index (χ2n) is 7.22. The molecule has 7 nitrogen and oxygen atoms in total. The molecular weight excluding hydrogens is 426 g/mol. The third kappa shape index (κ3) is 4.99. The predicted octanol–water partition coefficient (Wildman–Crippen LogP) is 2.85. The van der Waals surface area contributed by atoms with Crippen molar-refractivity contribution < 1.29 is 17.9 Å². The van der Waals surface area contributed by atoms with Crippen LogP contribution in [-0.2, 0) is 14.8 Å². The van der Waals surface area contributed by atoms with E-state index in [-0.39, 0.29) is 5.91 Å². The van der Waals surface area contributed by atoms with Crippen molar-refractivity contribution in [2.24, 2.45) is 0 Å². The standard InChI is InChI=1S/C21H26ClN3O4S/c1-16(25(30(3,27)28)19-6-4-17(22)5-7-19)21(26)24-14-12-23(13-15-24)18-8-10-20(29-2)11-9-18/h4-11,16H,12-15H2,1-3H3. The first-order valence-electron chi connectivity index (χ1n) is 9.63. The van der Waals surface area contributed by atoms with Gasteiger partial charge in [0, 0.05) is 36.9 Å². The van der Waals surface area contributed by atoms with Crippen LogP contribution in [0.15, 0.2) is 48.5 Å². The van der Waals surface area contributed by atoms with Gasteiger partial charge in [0.2, 0.25) is 15.9 Å². The van der Waals surface area contributed by atoms with Crippen LogP contribution < -0.4 is 13.9 Å². The molecule has 0 bridgehead atoms. The van der Waals surface area contributed by atoms with Gasteiger partial charge in [-0.2, -0.15) is 0 Å². The fourth-order valence-corrected chi connectivity index (χ4v) is 4.93. The van der Waals surface area contributed by atoms with E-state index in [9.17, 15) is 13.2 Å². The van der Waals surface area contributed by atoms with Crippen LogP contribution in [0.1, 0.15) is 6.92 Å². The maximum Gasteiger partial charge on any atom is 0.246 e. The van der Waals surface area contributed by atoms with E-state index in [1.54, 1.807) is 43.2 Å². The van der Waals surface area contributed by atoms with Crippen LogP contribution in [0.4, 0.5) is 11.4 Å².